The van der Waals surface area contributed by atoms with Crippen molar-refractivity contribution in [3.8, 4) is 0 Å². The Morgan fingerprint density at radius 2 is 1.67 bits per heavy atom. The molecule has 1 fully saturated rings. The van der Waals surface area contributed by atoms with E-state index in [0.29, 0.717) is 17.3 Å². The minimum Gasteiger partial charge on any atom is -0.343 e. The molecule has 2 heterocycles. The molecule has 0 N–H and O–H groups in total. The molecule has 1 aromatic carbocycles. The minimum atomic E-state index is -0.433. The van der Waals surface area contributed by atoms with Crippen LogP contribution in [0.4, 0.5) is 5.69 Å². The maximum absolute atomic E-state index is 13.4. The largest absolute Gasteiger partial charge is 0.343 e. The summed E-state index contributed by atoms with van der Waals surface area (Å²) >= 11 is 11.5. The molecule has 0 spiro atoms. The van der Waals surface area contributed by atoms with Crippen LogP contribution in [0.1, 0.15) is 44.6 Å². The molecule has 0 atom stereocenters. The Bertz CT molecular complexity index is 1060. The van der Waals surface area contributed by atoms with Crippen molar-refractivity contribution in [2.75, 3.05) is 11.4 Å². The fourth-order valence-electron chi connectivity index (χ4n) is 3.99. The molecule has 0 unspecified atom stereocenters. The van der Waals surface area contributed by atoms with E-state index < -0.39 is 5.91 Å². The van der Waals surface area contributed by atoms with E-state index >= 15 is 0 Å². The summed E-state index contributed by atoms with van der Waals surface area (Å²) in [6.07, 6.45) is 1.68. The van der Waals surface area contributed by atoms with Crippen molar-refractivity contribution in [1.82, 2.24) is 9.47 Å². The highest BCUT2D eigenvalue weighted by molar-refractivity contribution is 7.80. The fourth-order valence-corrected chi connectivity index (χ4v) is 4.52. The molecule has 2 aromatic rings. The van der Waals surface area contributed by atoms with Crippen molar-refractivity contribution in [3.05, 3.63) is 57.9 Å². The molecule has 1 saturated heterocycles. The first-order chi connectivity index (χ1) is 14.0. The van der Waals surface area contributed by atoms with E-state index in [9.17, 15) is 9.59 Å². The quantitative estimate of drug-likeness (QED) is 0.377. The number of halogens is 1. The topological polar surface area (TPSA) is 45.6 Å². The molecule has 3 rings (SSSR count). The maximum Gasteiger partial charge on any atom is 0.270 e. The SMILES string of the molecule is CCN1C(=O)/C(=C\c2cc(C)n(C(C)(C)C)c2C)C(=O)N(c2ccc(Cl)cc2)C1=S. The second kappa shape index (κ2) is 8.00. The number of aryl methyl sites for hydroxylation is 1. The molecule has 1 aromatic heterocycles. The highest BCUT2D eigenvalue weighted by atomic mass is 35.5. The predicted molar refractivity (Wildman–Crippen MR) is 126 cm³/mol. The van der Waals surface area contributed by atoms with Crippen LogP contribution in [0.2, 0.25) is 5.02 Å². The number of carbonyl (C=O) groups is 2. The molecule has 0 bridgehead atoms. The number of amides is 2. The number of hydrogen-bond donors (Lipinski definition) is 0. The fraction of sp³-hybridized carbons (Fsp3) is 0.348. The lowest BCUT2D eigenvalue weighted by Gasteiger charge is -2.36. The summed E-state index contributed by atoms with van der Waals surface area (Å²) in [7, 11) is 0. The summed E-state index contributed by atoms with van der Waals surface area (Å²) in [5.41, 5.74) is 3.47. The van der Waals surface area contributed by atoms with Gasteiger partial charge in [-0.25, -0.2) is 0 Å². The first-order valence-corrected chi connectivity index (χ1v) is 10.6. The zero-order valence-electron chi connectivity index (χ0n) is 18.1. The average molecular weight is 444 g/mol. The number of aromatic nitrogens is 1. The third-order valence-corrected chi connectivity index (χ3v) is 5.83. The normalized spacial score (nSPS) is 16.8. The van der Waals surface area contributed by atoms with Gasteiger partial charge in [-0.1, -0.05) is 11.6 Å². The van der Waals surface area contributed by atoms with E-state index in [1.165, 1.54) is 9.80 Å². The molecule has 2 amide bonds. The van der Waals surface area contributed by atoms with Gasteiger partial charge in [0.15, 0.2) is 5.11 Å². The van der Waals surface area contributed by atoms with Gasteiger partial charge in [-0.2, -0.15) is 0 Å². The number of benzene rings is 1. The number of anilines is 1. The standard InChI is InChI=1S/C23H26ClN3O2S/c1-7-25-20(28)19(13-16-12-14(2)27(15(16)3)23(4,5)6)21(29)26(22(25)30)18-10-8-17(24)9-11-18/h8-13H,7H2,1-6H3/b19-13+. The van der Waals surface area contributed by atoms with Crippen LogP contribution in [0.5, 0.6) is 0 Å². The Balaban J connectivity index is 2.14. The van der Waals surface area contributed by atoms with Crippen LogP contribution in [0.25, 0.3) is 6.08 Å². The third-order valence-electron chi connectivity index (χ3n) is 5.17. The van der Waals surface area contributed by atoms with Crippen molar-refractivity contribution in [1.29, 1.82) is 0 Å². The Morgan fingerprint density at radius 3 is 2.17 bits per heavy atom. The van der Waals surface area contributed by atoms with Crippen LogP contribution in [0, 0.1) is 13.8 Å². The van der Waals surface area contributed by atoms with Gasteiger partial charge in [-0.05, 0) is 95.7 Å². The van der Waals surface area contributed by atoms with Crippen LogP contribution >= 0.6 is 23.8 Å². The highest BCUT2D eigenvalue weighted by Gasteiger charge is 2.39. The van der Waals surface area contributed by atoms with Gasteiger partial charge in [0, 0.05) is 28.5 Å². The zero-order valence-corrected chi connectivity index (χ0v) is 19.7. The molecule has 5 nitrogen and oxygen atoms in total. The van der Waals surface area contributed by atoms with Crippen molar-refractivity contribution in [2.45, 2.75) is 47.1 Å². The van der Waals surface area contributed by atoms with Crippen LogP contribution in [-0.2, 0) is 15.1 Å². The first kappa shape index (κ1) is 22.2. The number of hydrogen-bond acceptors (Lipinski definition) is 3. The Morgan fingerprint density at radius 1 is 1.07 bits per heavy atom. The van der Waals surface area contributed by atoms with Gasteiger partial charge in [0.1, 0.15) is 5.57 Å². The van der Waals surface area contributed by atoms with Gasteiger partial charge in [-0.3, -0.25) is 19.4 Å². The lowest BCUT2D eigenvalue weighted by atomic mass is 10.1. The predicted octanol–water partition coefficient (Wildman–Crippen LogP) is 5.08. The van der Waals surface area contributed by atoms with E-state index in [1.807, 2.05) is 26.8 Å². The Kier molecular flexibility index (Phi) is 5.94. The number of likely N-dealkylation sites (N-methyl/N-ethyl adjacent to an activating group) is 1. The molecule has 0 aliphatic carbocycles. The van der Waals surface area contributed by atoms with Gasteiger partial charge in [-0.15, -0.1) is 0 Å². The number of carbonyl (C=O) groups excluding carboxylic acids is 2. The van der Waals surface area contributed by atoms with Crippen LogP contribution < -0.4 is 4.90 Å². The highest BCUT2D eigenvalue weighted by Crippen LogP contribution is 2.30. The summed E-state index contributed by atoms with van der Waals surface area (Å²) < 4.78 is 2.20. The van der Waals surface area contributed by atoms with Crippen LogP contribution in [0.3, 0.4) is 0 Å². The molecule has 30 heavy (non-hydrogen) atoms. The van der Waals surface area contributed by atoms with E-state index in [0.717, 1.165) is 17.0 Å². The number of nitrogens with zero attached hydrogens (tertiary/aromatic N) is 3. The summed E-state index contributed by atoms with van der Waals surface area (Å²) in [6, 6.07) is 8.84. The maximum atomic E-state index is 13.4. The summed E-state index contributed by atoms with van der Waals surface area (Å²) in [5.74, 6) is -0.809. The van der Waals surface area contributed by atoms with Crippen LogP contribution in [-0.4, -0.2) is 32.9 Å². The van der Waals surface area contributed by atoms with E-state index in [2.05, 4.69) is 25.3 Å². The molecular weight excluding hydrogens is 418 g/mol. The van der Waals surface area contributed by atoms with E-state index in [1.54, 1.807) is 30.3 Å². The number of rotatable bonds is 3. The zero-order chi connectivity index (χ0) is 22.4. The molecule has 158 valence electrons. The van der Waals surface area contributed by atoms with Crippen LogP contribution in [0.15, 0.2) is 35.9 Å². The Labute approximate surface area is 187 Å². The first-order valence-electron chi connectivity index (χ1n) is 9.84. The number of thiocarbonyl (C=S) groups is 1. The Hall–Kier alpha value is -2.44. The van der Waals surface area contributed by atoms with Gasteiger partial charge in [0.05, 0.1) is 5.69 Å². The summed E-state index contributed by atoms with van der Waals surface area (Å²) in [4.78, 5) is 29.3. The summed E-state index contributed by atoms with van der Waals surface area (Å²) in [6.45, 7) is 12.6. The average Bonchev–Trinajstić information content (AvgIpc) is 2.94. The lowest BCUT2D eigenvalue weighted by Crippen LogP contribution is -2.56. The second-order valence-corrected chi connectivity index (χ2v) is 9.14. The van der Waals surface area contributed by atoms with E-state index in [4.69, 9.17) is 23.8 Å². The molecule has 1 aliphatic rings. The van der Waals surface area contributed by atoms with Crippen molar-refractivity contribution < 1.29 is 9.59 Å². The minimum absolute atomic E-state index is 0.0922. The van der Waals surface area contributed by atoms with Crippen molar-refractivity contribution >= 4 is 52.5 Å². The molecule has 0 saturated carbocycles. The second-order valence-electron chi connectivity index (χ2n) is 8.34. The van der Waals surface area contributed by atoms with Gasteiger partial charge < -0.3 is 4.57 Å². The molecular formula is C23H26ClN3O2S. The summed E-state index contributed by atoms with van der Waals surface area (Å²) in [5, 5.41) is 0.732. The third kappa shape index (κ3) is 3.82. The van der Waals surface area contributed by atoms with Crippen molar-refractivity contribution in [3.63, 3.8) is 0 Å². The monoisotopic (exact) mass is 443 g/mol. The lowest BCUT2D eigenvalue weighted by molar-refractivity contribution is -0.127. The molecule has 7 heteroatoms. The van der Waals surface area contributed by atoms with Gasteiger partial charge in [0.25, 0.3) is 11.8 Å². The van der Waals surface area contributed by atoms with E-state index in [-0.39, 0.29) is 22.1 Å². The van der Waals surface area contributed by atoms with Gasteiger partial charge >= 0.3 is 0 Å². The molecule has 1 aliphatic heterocycles. The van der Waals surface area contributed by atoms with Crippen molar-refractivity contribution in [2.24, 2.45) is 0 Å². The smallest absolute Gasteiger partial charge is 0.270 e. The molecule has 0 radical (unpaired) electrons. The van der Waals surface area contributed by atoms with Gasteiger partial charge in [0.2, 0.25) is 0 Å².